The molecule has 2 saturated carbocycles. The van der Waals surface area contributed by atoms with E-state index in [4.69, 9.17) is 21.1 Å². The molecule has 2 N–H and O–H groups in total. The Balaban J connectivity index is 1.23. The molecule has 2 unspecified atom stereocenters. The van der Waals surface area contributed by atoms with Gasteiger partial charge in [0, 0.05) is 59.6 Å². The molecular weight excluding hydrogens is 648 g/mol. The molecule has 5 atom stereocenters. The second-order valence-electron chi connectivity index (χ2n) is 14.6. The molecule has 4 aromatic rings. The van der Waals surface area contributed by atoms with E-state index in [0.29, 0.717) is 23.9 Å². The molecule has 0 amide bonds. The lowest BCUT2D eigenvalue weighted by atomic mass is 9.90. The van der Waals surface area contributed by atoms with Gasteiger partial charge in [-0.05, 0) is 81.0 Å². The van der Waals surface area contributed by atoms with Crippen molar-refractivity contribution in [1.29, 1.82) is 0 Å². The van der Waals surface area contributed by atoms with Crippen molar-refractivity contribution >= 4 is 39.1 Å². The van der Waals surface area contributed by atoms with Crippen LogP contribution in [0.4, 0.5) is 23.4 Å². The number of nitrogens with one attached hydrogen (secondary N) is 1. The van der Waals surface area contributed by atoms with Gasteiger partial charge in [-0.25, -0.2) is 17.6 Å². The smallest absolute Gasteiger partial charge is 0.319 e. The second kappa shape index (κ2) is 11.3. The van der Waals surface area contributed by atoms with Crippen LogP contribution in [0.2, 0.25) is 5.02 Å². The molecule has 4 fully saturated rings. The average Bonchev–Trinajstić information content (AvgIpc) is 3.28. The van der Waals surface area contributed by atoms with Crippen molar-refractivity contribution in [1.82, 2.24) is 15.3 Å². The van der Waals surface area contributed by atoms with Gasteiger partial charge < -0.3 is 24.8 Å². The van der Waals surface area contributed by atoms with E-state index in [-0.39, 0.29) is 82.1 Å². The predicted octanol–water partition coefficient (Wildman–Crippen LogP) is 8.03. The van der Waals surface area contributed by atoms with Gasteiger partial charge in [0.05, 0.1) is 17.1 Å². The summed E-state index contributed by atoms with van der Waals surface area (Å²) in [6.45, 7) is 2.84. The second-order valence-corrected chi connectivity index (χ2v) is 15.0. The highest BCUT2D eigenvalue weighted by Gasteiger charge is 2.71. The van der Waals surface area contributed by atoms with Gasteiger partial charge >= 0.3 is 6.01 Å². The molecule has 3 aromatic carbocycles. The summed E-state index contributed by atoms with van der Waals surface area (Å²) >= 11 is 6.52. The number of hydrogen-bond acceptors (Lipinski definition) is 7. The molecule has 254 valence electrons. The van der Waals surface area contributed by atoms with Crippen LogP contribution in [0, 0.1) is 23.0 Å². The Morgan fingerprint density at radius 1 is 1.12 bits per heavy atom. The fraction of sp³-hybridized carbons (Fsp3) is 0.500. The summed E-state index contributed by atoms with van der Waals surface area (Å²) in [5.41, 5.74) is -2.16. The number of anilines is 1. The van der Waals surface area contributed by atoms with Gasteiger partial charge in [0.15, 0.2) is 5.82 Å². The van der Waals surface area contributed by atoms with E-state index >= 15 is 8.78 Å². The van der Waals surface area contributed by atoms with Crippen molar-refractivity contribution in [3.63, 3.8) is 0 Å². The molecule has 3 heterocycles. The van der Waals surface area contributed by atoms with Crippen LogP contribution in [-0.2, 0) is 4.74 Å². The molecule has 2 saturated heterocycles. The fourth-order valence-corrected chi connectivity index (χ4v) is 8.87. The first kappa shape index (κ1) is 31.8. The molecule has 8 rings (SSSR count). The summed E-state index contributed by atoms with van der Waals surface area (Å²) < 4.78 is 74.5. The normalized spacial score (nSPS) is 29.2. The Morgan fingerprint density at radius 2 is 1.94 bits per heavy atom. The highest BCUT2D eigenvalue weighted by molar-refractivity contribution is 6.36. The fourth-order valence-electron chi connectivity index (χ4n) is 8.58. The third-order valence-corrected chi connectivity index (χ3v) is 11.4. The minimum absolute atomic E-state index is 0.0605. The summed E-state index contributed by atoms with van der Waals surface area (Å²) in [4.78, 5) is 11.0. The van der Waals surface area contributed by atoms with Crippen LogP contribution in [0.5, 0.6) is 11.8 Å². The van der Waals surface area contributed by atoms with Crippen molar-refractivity contribution in [3.8, 4) is 22.9 Å². The minimum Gasteiger partial charge on any atom is -0.508 e. The highest BCUT2D eigenvalue weighted by atomic mass is 35.5. The molecule has 2 aliphatic heterocycles. The Kier molecular flexibility index (Phi) is 7.50. The van der Waals surface area contributed by atoms with Gasteiger partial charge in [0.2, 0.25) is 0 Å². The SMILES string of the molecule is CO[C@@H]1CCC(C[C@@]2(COc3nc(N4CC5CC[C@@](C)(C4)N5)c4cc(F)c(-c5cc(O)cc6cccc(Cl)c56)c(F)c4n3)CC2(F)F)C1. The average molecular weight is 685 g/mol. The molecule has 2 aliphatic carbocycles. The molecule has 0 radical (unpaired) electrons. The quantitative estimate of drug-likeness (QED) is 0.182. The van der Waals surface area contributed by atoms with Crippen LogP contribution in [0.15, 0.2) is 36.4 Å². The first-order valence-electron chi connectivity index (χ1n) is 16.5. The van der Waals surface area contributed by atoms with Crippen LogP contribution in [0.1, 0.15) is 51.9 Å². The zero-order chi connectivity index (χ0) is 33.6. The topological polar surface area (TPSA) is 79.7 Å². The van der Waals surface area contributed by atoms with E-state index < -0.39 is 28.5 Å². The number of methoxy groups -OCH3 is 1. The lowest BCUT2D eigenvalue weighted by molar-refractivity contribution is 0.0273. The first-order chi connectivity index (χ1) is 22.9. The summed E-state index contributed by atoms with van der Waals surface area (Å²) in [6.07, 6.45) is 4.29. The van der Waals surface area contributed by atoms with Gasteiger partial charge in [0.1, 0.15) is 29.5 Å². The molecule has 1 aromatic heterocycles. The van der Waals surface area contributed by atoms with E-state index in [9.17, 15) is 13.9 Å². The number of piperazine rings is 1. The van der Waals surface area contributed by atoms with Gasteiger partial charge in [-0.1, -0.05) is 23.7 Å². The molecular formula is C36H37ClF4N4O3. The van der Waals surface area contributed by atoms with E-state index in [1.165, 1.54) is 18.2 Å². The number of phenols is 1. The predicted molar refractivity (Wildman–Crippen MR) is 176 cm³/mol. The zero-order valence-corrected chi connectivity index (χ0v) is 27.5. The number of benzene rings is 3. The molecule has 2 bridgehead atoms. The zero-order valence-electron chi connectivity index (χ0n) is 26.8. The summed E-state index contributed by atoms with van der Waals surface area (Å²) in [6, 6.07) is 8.84. The van der Waals surface area contributed by atoms with E-state index in [1.807, 2.05) is 4.90 Å². The maximum atomic E-state index is 16.9. The number of halogens is 5. The molecule has 12 heteroatoms. The molecule has 0 spiro atoms. The molecule has 7 nitrogen and oxygen atoms in total. The van der Waals surface area contributed by atoms with Crippen LogP contribution >= 0.6 is 11.6 Å². The van der Waals surface area contributed by atoms with Gasteiger partial charge in [-0.15, -0.1) is 0 Å². The minimum atomic E-state index is -2.90. The molecule has 48 heavy (non-hydrogen) atoms. The number of aromatic hydroxyl groups is 1. The number of ether oxygens (including phenoxy) is 2. The Labute approximate surface area is 280 Å². The Morgan fingerprint density at radius 3 is 2.67 bits per heavy atom. The van der Waals surface area contributed by atoms with E-state index in [1.54, 1.807) is 25.3 Å². The van der Waals surface area contributed by atoms with Crippen LogP contribution in [0.3, 0.4) is 0 Å². The maximum absolute atomic E-state index is 16.9. The Hall–Kier alpha value is -3.41. The van der Waals surface area contributed by atoms with Gasteiger partial charge in [-0.2, -0.15) is 9.97 Å². The van der Waals surface area contributed by atoms with Crippen molar-refractivity contribution < 1.29 is 32.1 Å². The standard InChI is InChI=1S/C36H37ClF4N4O3/c1-34-9-8-21(44-34)15-45(17-34)32-25-13-27(38)29(24-12-22(46)11-20-4-3-5-26(37)28(20)24)30(39)31(25)42-33(43-32)48-18-35(16-36(35,40)41)14-19-6-7-23(10-19)47-2/h3-5,11-13,19,21,23,44,46H,6-10,14-18H2,1-2H3/t19?,21?,23-,34+,35+/m1/s1. The lowest BCUT2D eigenvalue weighted by Gasteiger charge is -2.40. The number of rotatable bonds is 8. The summed E-state index contributed by atoms with van der Waals surface area (Å²) in [5, 5.41) is 15.4. The van der Waals surface area contributed by atoms with Gasteiger partial charge in [-0.3, -0.25) is 0 Å². The van der Waals surface area contributed by atoms with Crippen molar-refractivity contribution in [2.45, 2.75) is 75.5 Å². The van der Waals surface area contributed by atoms with Crippen LogP contribution in [-0.4, -0.2) is 65.5 Å². The van der Waals surface area contributed by atoms with Crippen molar-refractivity contribution in [2.75, 3.05) is 31.7 Å². The number of nitrogens with zero attached hydrogens (tertiary/aromatic N) is 3. The van der Waals surface area contributed by atoms with E-state index in [0.717, 1.165) is 32.1 Å². The number of fused-ring (bicyclic) bond motifs is 4. The molecule has 4 aliphatic rings. The Bertz CT molecular complexity index is 1950. The largest absolute Gasteiger partial charge is 0.508 e. The van der Waals surface area contributed by atoms with Gasteiger partial charge in [0.25, 0.3) is 5.92 Å². The third-order valence-electron chi connectivity index (χ3n) is 11.1. The maximum Gasteiger partial charge on any atom is 0.319 e. The summed E-state index contributed by atoms with van der Waals surface area (Å²) in [7, 11) is 1.64. The lowest BCUT2D eigenvalue weighted by Crippen LogP contribution is -2.58. The number of hydrogen-bond donors (Lipinski definition) is 2. The summed E-state index contributed by atoms with van der Waals surface area (Å²) in [5.74, 6) is -4.58. The van der Waals surface area contributed by atoms with E-state index in [2.05, 4.69) is 22.2 Å². The highest BCUT2D eigenvalue weighted by Crippen LogP contribution is 2.64. The van der Waals surface area contributed by atoms with Crippen LogP contribution in [0.25, 0.3) is 32.8 Å². The number of phenolic OH excluding ortho intramolecular Hbond substituents is 1. The first-order valence-corrected chi connectivity index (χ1v) is 16.9. The number of alkyl halides is 2. The monoisotopic (exact) mass is 684 g/mol. The number of aromatic nitrogens is 2. The van der Waals surface area contributed by atoms with Crippen LogP contribution < -0.4 is 15.0 Å². The van der Waals surface area contributed by atoms with Crippen molar-refractivity contribution in [3.05, 3.63) is 53.1 Å². The third kappa shape index (κ3) is 5.33. The van der Waals surface area contributed by atoms with Crippen molar-refractivity contribution in [2.24, 2.45) is 11.3 Å².